The fourth-order valence-corrected chi connectivity index (χ4v) is 7.68. The Morgan fingerprint density at radius 3 is 1.83 bits per heavy atom. The number of rotatable bonds is 4. The van der Waals surface area contributed by atoms with Gasteiger partial charge in [-0.25, -0.2) is 0 Å². The molecule has 3 heteroatoms. The number of nitrogens with zero attached hydrogens (tertiary/aromatic N) is 2. The molecule has 3 heterocycles. The van der Waals surface area contributed by atoms with E-state index in [9.17, 15) is 0 Å². The molecule has 3 nitrogen and oxygen atoms in total. The first kappa shape index (κ1) is 26.2. The van der Waals surface area contributed by atoms with Crippen LogP contribution in [0.3, 0.4) is 0 Å². The van der Waals surface area contributed by atoms with Gasteiger partial charge in [-0.1, -0.05) is 97.1 Å². The van der Waals surface area contributed by atoms with E-state index in [1.807, 2.05) is 12.1 Å². The third-order valence-electron chi connectivity index (χ3n) is 9.85. The number of fused-ring (bicyclic) bond motifs is 7. The molecule has 1 unspecified atom stereocenters. The summed E-state index contributed by atoms with van der Waals surface area (Å²) in [5.41, 5.74) is 10.7. The van der Waals surface area contributed by atoms with Crippen LogP contribution < -0.4 is 0 Å². The molecule has 0 fully saturated rings. The summed E-state index contributed by atoms with van der Waals surface area (Å²) in [6.07, 6.45) is 7.58. The highest BCUT2D eigenvalue weighted by Gasteiger charge is 2.22. The molecule has 1 aliphatic rings. The summed E-state index contributed by atoms with van der Waals surface area (Å²) < 4.78 is 11.1. The number of allylic oxidation sites excluding steroid dienone is 4. The van der Waals surface area contributed by atoms with Crippen LogP contribution in [-0.4, -0.2) is 9.13 Å². The first-order chi connectivity index (χ1) is 23.3. The van der Waals surface area contributed by atoms with Gasteiger partial charge in [0.2, 0.25) is 0 Å². The molecular weight excluding hydrogens is 572 g/mol. The maximum Gasteiger partial charge on any atom is 0.134 e. The minimum Gasteiger partial charge on any atom is -0.460 e. The number of benzene rings is 6. The van der Waals surface area contributed by atoms with E-state index in [-0.39, 0.29) is 5.92 Å². The Morgan fingerprint density at radius 2 is 1.11 bits per heavy atom. The molecule has 6 aromatic carbocycles. The largest absolute Gasteiger partial charge is 0.460 e. The zero-order valence-corrected chi connectivity index (χ0v) is 25.7. The van der Waals surface area contributed by atoms with Crippen molar-refractivity contribution >= 4 is 60.3 Å². The van der Waals surface area contributed by atoms with E-state index >= 15 is 0 Å². The van der Waals surface area contributed by atoms with E-state index in [2.05, 4.69) is 161 Å². The van der Waals surface area contributed by atoms with Crippen molar-refractivity contribution in [1.82, 2.24) is 9.13 Å². The van der Waals surface area contributed by atoms with Crippen molar-refractivity contribution in [3.8, 4) is 16.8 Å². The van der Waals surface area contributed by atoms with Crippen molar-refractivity contribution in [2.45, 2.75) is 12.3 Å². The van der Waals surface area contributed by atoms with Crippen molar-refractivity contribution in [1.29, 1.82) is 0 Å². The summed E-state index contributed by atoms with van der Waals surface area (Å²) in [7, 11) is 0. The Kier molecular flexibility index (Phi) is 5.70. The second-order valence-corrected chi connectivity index (χ2v) is 12.5. The molecule has 0 saturated heterocycles. The van der Waals surface area contributed by atoms with Crippen LogP contribution in [0.25, 0.3) is 77.1 Å². The van der Waals surface area contributed by atoms with Crippen LogP contribution in [0.2, 0.25) is 0 Å². The van der Waals surface area contributed by atoms with E-state index < -0.39 is 0 Å². The highest BCUT2D eigenvalue weighted by atomic mass is 16.3. The maximum absolute atomic E-state index is 6.31. The minimum absolute atomic E-state index is 0.183. The van der Waals surface area contributed by atoms with Crippen molar-refractivity contribution < 1.29 is 4.42 Å². The Labute approximate surface area is 271 Å². The molecule has 9 aromatic rings. The van der Waals surface area contributed by atoms with Crippen molar-refractivity contribution in [2.24, 2.45) is 0 Å². The molecular formula is C44H30N2O. The minimum atomic E-state index is 0.183. The van der Waals surface area contributed by atoms with E-state index in [4.69, 9.17) is 4.42 Å². The van der Waals surface area contributed by atoms with Gasteiger partial charge in [-0.15, -0.1) is 0 Å². The molecule has 0 N–H and O–H groups in total. The lowest BCUT2D eigenvalue weighted by Gasteiger charge is -2.19. The van der Waals surface area contributed by atoms with Gasteiger partial charge in [-0.05, 0) is 77.9 Å². The van der Waals surface area contributed by atoms with Gasteiger partial charge in [0.1, 0.15) is 11.3 Å². The number of hydrogen-bond acceptors (Lipinski definition) is 1. The number of hydrogen-bond donors (Lipinski definition) is 0. The summed E-state index contributed by atoms with van der Waals surface area (Å²) in [4.78, 5) is 0. The smallest absolute Gasteiger partial charge is 0.134 e. The highest BCUT2D eigenvalue weighted by molar-refractivity contribution is 6.13. The maximum atomic E-state index is 6.31. The molecule has 0 bridgehead atoms. The third kappa shape index (κ3) is 4.06. The van der Waals surface area contributed by atoms with Gasteiger partial charge in [0.05, 0.1) is 22.1 Å². The first-order valence-electron chi connectivity index (χ1n) is 16.3. The highest BCUT2D eigenvalue weighted by Crippen LogP contribution is 2.41. The van der Waals surface area contributed by atoms with Crippen LogP contribution in [-0.2, 0) is 0 Å². The molecule has 0 amide bonds. The molecule has 0 aliphatic heterocycles. The van der Waals surface area contributed by atoms with Gasteiger partial charge in [0.15, 0.2) is 0 Å². The van der Waals surface area contributed by atoms with Crippen molar-refractivity contribution in [2.75, 3.05) is 0 Å². The molecule has 1 atom stereocenters. The Morgan fingerprint density at radius 1 is 0.511 bits per heavy atom. The van der Waals surface area contributed by atoms with E-state index in [1.165, 1.54) is 66.1 Å². The number of para-hydroxylation sites is 4. The van der Waals surface area contributed by atoms with Gasteiger partial charge in [0.25, 0.3) is 0 Å². The standard InChI is InChI=1S/C44H30N2O/c1-2-13-33(14-3-1)45-39-18-7-5-16-35(39)37-26-29(21-23-41(37)45)30-22-24-42-38(27-30)36-17-6-8-19-40(36)46(42)34-15-10-12-31(25-34)44-28-32-11-4-9-20-43(32)47-44/h1-24,26-28,31H,25H2. The van der Waals surface area contributed by atoms with Crippen LogP contribution in [0.1, 0.15) is 18.1 Å². The van der Waals surface area contributed by atoms with E-state index in [1.54, 1.807) is 0 Å². The van der Waals surface area contributed by atoms with Gasteiger partial charge in [-0.3, -0.25) is 0 Å². The van der Waals surface area contributed by atoms with Gasteiger partial charge in [-0.2, -0.15) is 0 Å². The lowest BCUT2D eigenvalue weighted by molar-refractivity contribution is 0.525. The second-order valence-electron chi connectivity index (χ2n) is 12.5. The quantitative estimate of drug-likeness (QED) is 0.196. The fourth-order valence-electron chi connectivity index (χ4n) is 7.68. The number of aromatic nitrogens is 2. The van der Waals surface area contributed by atoms with Crippen molar-refractivity contribution in [3.63, 3.8) is 0 Å². The molecule has 10 rings (SSSR count). The molecule has 3 aromatic heterocycles. The monoisotopic (exact) mass is 602 g/mol. The first-order valence-corrected chi connectivity index (χ1v) is 16.3. The average molecular weight is 603 g/mol. The molecule has 0 spiro atoms. The van der Waals surface area contributed by atoms with Crippen LogP contribution in [0.5, 0.6) is 0 Å². The topological polar surface area (TPSA) is 23.0 Å². The third-order valence-corrected chi connectivity index (χ3v) is 9.85. The lowest BCUT2D eigenvalue weighted by Crippen LogP contribution is -2.05. The Hall–Kier alpha value is -6.06. The van der Waals surface area contributed by atoms with Gasteiger partial charge >= 0.3 is 0 Å². The van der Waals surface area contributed by atoms with Crippen LogP contribution in [0.4, 0.5) is 0 Å². The Balaban J connectivity index is 1.09. The predicted molar refractivity (Wildman–Crippen MR) is 196 cm³/mol. The zero-order chi connectivity index (χ0) is 30.9. The van der Waals surface area contributed by atoms with Crippen LogP contribution >= 0.6 is 0 Å². The van der Waals surface area contributed by atoms with Gasteiger partial charge in [0, 0.05) is 50.7 Å². The predicted octanol–water partition coefficient (Wildman–Crippen LogP) is 11.9. The summed E-state index contributed by atoms with van der Waals surface area (Å²) in [6, 6.07) is 52.5. The van der Waals surface area contributed by atoms with E-state index in [0.29, 0.717) is 0 Å². The second kappa shape index (κ2) is 10.2. The van der Waals surface area contributed by atoms with Crippen LogP contribution in [0.15, 0.2) is 168 Å². The number of furan rings is 1. The molecule has 47 heavy (non-hydrogen) atoms. The fraction of sp³-hybridized carbons (Fsp3) is 0.0455. The Bertz CT molecular complexity index is 2680. The summed E-state index contributed by atoms with van der Waals surface area (Å²) in [6.45, 7) is 0. The molecule has 0 saturated carbocycles. The molecule has 1 aliphatic carbocycles. The normalized spacial score (nSPS) is 15.0. The van der Waals surface area contributed by atoms with Gasteiger partial charge < -0.3 is 13.6 Å². The van der Waals surface area contributed by atoms with E-state index in [0.717, 1.165) is 23.2 Å². The SMILES string of the molecule is C1=CC(c2cc3ccccc3o2)CC(n2c3ccccc3c3cc(-c4ccc5c(c4)c4ccccc4n5-c4ccccc4)ccc32)=C1. The summed E-state index contributed by atoms with van der Waals surface area (Å²) in [5.74, 6) is 1.20. The summed E-state index contributed by atoms with van der Waals surface area (Å²) in [5, 5.41) is 6.21. The summed E-state index contributed by atoms with van der Waals surface area (Å²) >= 11 is 0. The van der Waals surface area contributed by atoms with Crippen molar-refractivity contribution in [3.05, 3.63) is 170 Å². The molecule has 0 radical (unpaired) electrons. The zero-order valence-electron chi connectivity index (χ0n) is 25.7. The molecule has 222 valence electrons. The lowest BCUT2D eigenvalue weighted by atomic mass is 9.95. The average Bonchev–Trinajstić information content (AvgIpc) is 3.82. The van der Waals surface area contributed by atoms with Crippen LogP contribution in [0, 0.1) is 0 Å².